The highest BCUT2D eigenvalue weighted by Gasteiger charge is 2.39. The number of hydrogen-bond acceptors (Lipinski definition) is 6. The molecule has 3 rings (SSSR count). The van der Waals surface area contributed by atoms with E-state index >= 15 is 0 Å². The Kier molecular flexibility index (Phi) is 3.01. The van der Waals surface area contributed by atoms with E-state index < -0.39 is 0 Å². The van der Waals surface area contributed by atoms with Crippen LogP contribution in [0, 0.1) is 0 Å². The number of likely N-dealkylation sites (N-methyl/N-ethyl adjacent to an activating group) is 1. The van der Waals surface area contributed by atoms with Crippen LogP contribution in [0.15, 0.2) is 6.07 Å². The number of rotatable bonds is 1. The molecule has 0 aliphatic carbocycles. The zero-order valence-electron chi connectivity index (χ0n) is 10.2. The van der Waals surface area contributed by atoms with E-state index in [1.807, 2.05) is 0 Å². The maximum absolute atomic E-state index is 5.91. The Bertz CT molecular complexity index is 437. The molecule has 98 valence electrons. The lowest BCUT2D eigenvalue weighted by molar-refractivity contribution is -0.0362. The molecule has 0 radical (unpaired) electrons. The number of aromatic nitrogens is 2. The Morgan fingerprint density at radius 3 is 3.00 bits per heavy atom. The summed E-state index contributed by atoms with van der Waals surface area (Å²) < 4.78 is 5.79. The third-order valence-corrected chi connectivity index (χ3v) is 3.80. The normalized spacial score (nSPS) is 28.4. The molecular weight excluding hydrogens is 254 g/mol. The first kappa shape index (κ1) is 12.0. The third-order valence-electron chi connectivity index (χ3n) is 3.60. The van der Waals surface area contributed by atoms with Crippen molar-refractivity contribution in [3.8, 4) is 0 Å². The van der Waals surface area contributed by atoms with Gasteiger partial charge in [0.05, 0.1) is 18.8 Å². The monoisotopic (exact) mass is 269 g/mol. The Hall–Kier alpha value is -1.11. The van der Waals surface area contributed by atoms with Gasteiger partial charge in [0.15, 0.2) is 0 Å². The molecule has 0 aromatic carbocycles. The van der Waals surface area contributed by atoms with Gasteiger partial charge in [-0.25, -0.2) is 4.98 Å². The fourth-order valence-electron chi connectivity index (χ4n) is 2.63. The molecule has 2 atom stereocenters. The van der Waals surface area contributed by atoms with E-state index in [2.05, 4.69) is 26.8 Å². The summed E-state index contributed by atoms with van der Waals surface area (Å²) in [5.41, 5.74) is 5.63. The topological polar surface area (TPSA) is 67.5 Å². The van der Waals surface area contributed by atoms with E-state index in [9.17, 15) is 0 Å². The zero-order valence-corrected chi connectivity index (χ0v) is 11.0. The maximum Gasteiger partial charge on any atom is 0.223 e. The van der Waals surface area contributed by atoms with Crippen LogP contribution >= 0.6 is 11.6 Å². The van der Waals surface area contributed by atoms with Crippen LogP contribution in [0.2, 0.25) is 5.15 Å². The van der Waals surface area contributed by atoms with Gasteiger partial charge < -0.3 is 15.4 Å². The van der Waals surface area contributed by atoms with Gasteiger partial charge >= 0.3 is 0 Å². The molecule has 0 amide bonds. The van der Waals surface area contributed by atoms with E-state index in [-0.39, 0.29) is 12.1 Å². The number of morpholine rings is 1. The van der Waals surface area contributed by atoms with Gasteiger partial charge in [0.2, 0.25) is 5.95 Å². The lowest BCUT2D eigenvalue weighted by Gasteiger charge is -2.33. The lowest BCUT2D eigenvalue weighted by atomic mass is 10.1. The first-order valence-electron chi connectivity index (χ1n) is 6.00. The van der Waals surface area contributed by atoms with Crippen LogP contribution in [0.4, 0.5) is 11.8 Å². The number of nitrogens with two attached hydrogens (primary N) is 1. The number of hydrogen-bond donors (Lipinski definition) is 1. The molecule has 2 fully saturated rings. The first-order valence-corrected chi connectivity index (χ1v) is 6.38. The number of nitrogens with zero attached hydrogens (tertiary/aromatic N) is 4. The van der Waals surface area contributed by atoms with E-state index in [0.29, 0.717) is 11.2 Å². The fourth-order valence-corrected chi connectivity index (χ4v) is 2.81. The molecule has 7 heteroatoms. The molecular formula is C11H16ClN5O. The van der Waals surface area contributed by atoms with Crippen molar-refractivity contribution in [2.75, 3.05) is 43.9 Å². The maximum atomic E-state index is 5.91. The number of ether oxygens (including phenoxy) is 1. The summed E-state index contributed by atoms with van der Waals surface area (Å²) in [6, 6.07) is 2.16. The zero-order chi connectivity index (χ0) is 12.7. The molecule has 6 nitrogen and oxygen atoms in total. The minimum atomic E-state index is 0.210. The SMILES string of the molecule is CN1CCOC2CN(c3cc(Cl)nc(N)n3)CC21. The molecule has 0 saturated carbocycles. The summed E-state index contributed by atoms with van der Waals surface area (Å²) in [6.45, 7) is 3.47. The highest BCUT2D eigenvalue weighted by molar-refractivity contribution is 6.29. The van der Waals surface area contributed by atoms with E-state index in [4.69, 9.17) is 22.1 Å². The Labute approximate surface area is 111 Å². The van der Waals surface area contributed by atoms with Crippen LogP contribution in [-0.2, 0) is 4.74 Å². The summed E-state index contributed by atoms with van der Waals surface area (Å²) in [4.78, 5) is 12.6. The minimum Gasteiger partial charge on any atom is -0.373 e. The lowest BCUT2D eigenvalue weighted by Crippen LogP contribution is -2.48. The Morgan fingerprint density at radius 2 is 2.28 bits per heavy atom. The van der Waals surface area contributed by atoms with Gasteiger partial charge in [-0.05, 0) is 7.05 Å². The fraction of sp³-hybridized carbons (Fsp3) is 0.636. The molecule has 1 aromatic rings. The van der Waals surface area contributed by atoms with Crippen LogP contribution in [0.5, 0.6) is 0 Å². The molecule has 3 heterocycles. The van der Waals surface area contributed by atoms with Crippen LogP contribution in [0.3, 0.4) is 0 Å². The number of fused-ring (bicyclic) bond motifs is 1. The average Bonchev–Trinajstić information content (AvgIpc) is 2.73. The highest BCUT2D eigenvalue weighted by Crippen LogP contribution is 2.26. The molecule has 2 N–H and O–H groups in total. The van der Waals surface area contributed by atoms with Crippen molar-refractivity contribution in [1.82, 2.24) is 14.9 Å². The molecule has 1 aromatic heterocycles. The third kappa shape index (κ3) is 2.11. The van der Waals surface area contributed by atoms with Crippen molar-refractivity contribution in [3.63, 3.8) is 0 Å². The standard InChI is InChI=1S/C11H16ClN5O/c1-16-2-3-18-8-6-17(5-7(8)16)10-4-9(12)14-11(13)15-10/h4,7-8H,2-3,5-6H2,1H3,(H2,13,14,15). The second kappa shape index (κ2) is 4.53. The van der Waals surface area contributed by atoms with Gasteiger partial charge in [-0.1, -0.05) is 11.6 Å². The predicted molar refractivity (Wildman–Crippen MR) is 69.8 cm³/mol. The minimum absolute atomic E-state index is 0.210. The predicted octanol–water partition coefficient (Wildman–Crippen LogP) is 0.231. The van der Waals surface area contributed by atoms with Gasteiger partial charge in [0.25, 0.3) is 0 Å². The highest BCUT2D eigenvalue weighted by atomic mass is 35.5. The van der Waals surface area contributed by atoms with Gasteiger partial charge in [0.1, 0.15) is 11.0 Å². The summed E-state index contributed by atoms with van der Waals surface area (Å²) in [5.74, 6) is 0.987. The van der Waals surface area contributed by atoms with Gasteiger partial charge in [-0.3, -0.25) is 4.90 Å². The second-order valence-corrected chi connectivity index (χ2v) is 5.16. The van der Waals surface area contributed by atoms with Gasteiger partial charge in [0, 0.05) is 25.7 Å². The van der Waals surface area contributed by atoms with Crippen LogP contribution in [0.1, 0.15) is 0 Å². The number of nitrogen functional groups attached to an aromatic ring is 1. The number of halogens is 1. The Morgan fingerprint density at radius 1 is 1.44 bits per heavy atom. The summed E-state index contributed by atoms with van der Waals surface area (Å²) in [5, 5.41) is 0.377. The van der Waals surface area contributed by atoms with Crippen molar-refractivity contribution in [3.05, 3.63) is 11.2 Å². The van der Waals surface area contributed by atoms with Gasteiger partial charge in [-0.15, -0.1) is 0 Å². The van der Waals surface area contributed by atoms with E-state index in [0.717, 1.165) is 32.1 Å². The molecule has 2 unspecified atom stereocenters. The molecule has 0 bridgehead atoms. The summed E-state index contributed by atoms with van der Waals surface area (Å²) in [7, 11) is 2.13. The molecule has 2 aliphatic heterocycles. The van der Waals surface area contributed by atoms with Crippen molar-refractivity contribution < 1.29 is 4.74 Å². The summed E-state index contributed by atoms with van der Waals surface area (Å²) in [6.07, 6.45) is 0.235. The number of anilines is 2. The van der Waals surface area contributed by atoms with Crippen LogP contribution in [-0.4, -0.2) is 60.3 Å². The second-order valence-electron chi connectivity index (χ2n) is 4.77. The van der Waals surface area contributed by atoms with Crippen molar-refractivity contribution in [2.24, 2.45) is 0 Å². The van der Waals surface area contributed by atoms with Crippen molar-refractivity contribution in [2.45, 2.75) is 12.1 Å². The summed E-state index contributed by atoms with van der Waals surface area (Å²) >= 11 is 5.91. The van der Waals surface area contributed by atoms with Crippen LogP contribution < -0.4 is 10.6 Å². The van der Waals surface area contributed by atoms with Crippen molar-refractivity contribution >= 4 is 23.4 Å². The molecule has 18 heavy (non-hydrogen) atoms. The first-order chi connectivity index (χ1) is 8.63. The quantitative estimate of drug-likeness (QED) is 0.737. The van der Waals surface area contributed by atoms with E-state index in [1.54, 1.807) is 6.07 Å². The molecule has 0 spiro atoms. The smallest absolute Gasteiger partial charge is 0.223 e. The average molecular weight is 270 g/mol. The van der Waals surface area contributed by atoms with E-state index in [1.165, 1.54) is 0 Å². The molecule has 2 saturated heterocycles. The van der Waals surface area contributed by atoms with Gasteiger partial charge in [-0.2, -0.15) is 4.98 Å². The Balaban J connectivity index is 1.82. The largest absolute Gasteiger partial charge is 0.373 e. The molecule has 2 aliphatic rings. The van der Waals surface area contributed by atoms with Crippen molar-refractivity contribution in [1.29, 1.82) is 0 Å². The van der Waals surface area contributed by atoms with Crippen LogP contribution in [0.25, 0.3) is 0 Å².